The Kier molecular flexibility index (Phi) is 4.90. The highest BCUT2D eigenvalue weighted by atomic mass is 16.6. The van der Waals surface area contributed by atoms with E-state index in [-0.39, 0.29) is 18.2 Å². The fourth-order valence-corrected chi connectivity index (χ4v) is 2.52. The van der Waals surface area contributed by atoms with Gasteiger partial charge in [-0.15, -0.1) is 0 Å². The van der Waals surface area contributed by atoms with Gasteiger partial charge in [0.15, 0.2) is 0 Å². The Morgan fingerprint density at radius 2 is 2.18 bits per heavy atom. The Labute approximate surface area is 131 Å². The van der Waals surface area contributed by atoms with Gasteiger partial charge in [-0.3, -0.25) is 0 Å². The molecule has 0 radical (unpaired) electrons. The smallest absolute Gasteiger partial charge is 0.330 e. The Morgan fingerprint density at radius 1 is 1.41 bits per heavy atom. The molecule has 118 valence electrons. The Balaban J connectivity index is 1.74. The molecule has 1 aliphatic heterocycles. The zero-order valence-corrected chi connectivity index (χ0v) is 12.9. The molecule has 0 unspecified atom stereocenters. The Morgan fingerprint density at radius 3 is 2.86 bits per heavy atom. The van der Waals surface area contributed by atoms with Crippen LogP contribution in [0.2, 0.25) is 0 Å². The van der Waals surface area contributed by atoms with E-state index in [1.165, 1.54) is 18.9 Å². The van der Waals surface area contributed by atoms with E-state index < -0.39 is 0 Å². The largest absolute Gasteiger partial charge is 0.463 e. The van der Waals surface area contributed by atoms with Crippen molar-refractivity contribution in [1.29, 1.82) is 0 Å². The zero-order chi connectivity index (χ0) is 15.4. The Hall–Kier alpha value is -1.65. The molecule has 1 saturated heterocycles. The van der Waals surface area contributed by atoms with Crippen LogP contribution in [0.25, 0.3) is 6.08 Å². The molecule has 22 heavy (non-hydrogen) atoms. The van der Waals surface area contributed by atoms with E-state index in [1.54, 1.807) is 6.92 Å². The van der Waals surface area contributed by atoms with Gasteiger partial charge in [0.2, 0.25) is 0 Å². The molecule has 0 N–H and O–H groups in total. The summed E-state index contributed by atoms with van der Waals surface area (Å²) in [6.45, 7) is 3.65. The fourth-order valence-electron chi connectivity index (χ4n) is 2.52. The molecular weight excluding hydrogens is 280 g/mol. The molecule has 1 saturated carbocycles. The topological polar surface area (TPSA) is 48.1 Å². The molecule has 0 spiro atoms. The van der Waals surface area contributed by atoms with Crippen LogP contribution in [0.4, 0.5) is 0 Å². The first-order valence-electron chi connectivity index (χ1n) is 7.95. The van der Waals surface area contributed by atoms with Crippen LogP contribution in [0.5, 0.6) is 0 Å². The second kappa shape index (κ2) is 7.07. The quantitative estimate of drug-likeness (QED) is 0.420. The first-order valence-corrected chi connectivity index (χ1v) is 7.95. The van der Waals surface area contributed by atoms with Crippen LogP contribution in [0.3, 0.4) is 0 Å². The molecule has 1 heterocycles. The van der Waals surface area contributed by atoms with E-state index in [0.717, 1.165) is 17.7 Å². The number of carbonyl (C=O) groups is 1. The van der Waals surface area contributed by atoms with Gasteiger partial charge in [-0.2, -0.15) is 0 Å². The second-order valence-electron chi connectivity index (χ2n) is 5.76. The summed E-state index contributed by atoms with van der Waals surface area (Å²) in [6.07, 6.45) is 6.06. The summed E-state index contributed by atoms with van der Waals surface area (Å²) in [7, 11) is 0. The predicted molar refractivity (Wildman–Crippen MR) is 83.3 cm³/mol. The molecule has 2 aliphatic rings. The van der Waals surface area contributed by atoms with Gasteiger partial charge in [0.05, 0.1) is 25.9 Å². The van der Waals surface area contributed by atoms with Gasteiger partial charge in [0, 0.05) is 6.08 Å². The summed E-state index contributed by atoms with van der Waals surface area (Å²) in [5.74, 6) is 0.267. The number of carbonyl (C=O) groups excluding carboxylic acids is 1. The van der Waals surface area contributed by atoms with E-state index >= 15 is 0 Å². The highest BCUT2D eigenvalue weighted by Crippen LogP contribution is 2.44. The predicted octanol–water partition coefficient (Wildman–Crippen LogP) is 3.13. The van der Waals surface area contributed by atoms with Crippen molar-refractivity contribution >= 4 is 12.0 Å². The molecule has 3 rings (SSSR count). The maximum absolute atomic E-state index is 11.5. The molecule has 1 aromatic rings. The number of esters is 1. The van der Waals surface area contributed by atoms with E-state index in [9.17, 15) is 4.79 Å². The molecule has 2 fully saturated rings. The minimum atomic E-state index is -0.312. The average molecular weight is 302 g/mol. The fraction of sp³-hybridized carbons (Fsp3) is 0.500. The summed E-state index contributed by atoms with van der Waals surface area (Å²) < 4.78 is 16.3. The van der Waals surface area contributed by atoms with Gasteiger partial charge in [-0.25, -0.2) is 4.79 Å². The third kappa shape index (κ3) is 4.18. The molecule has 0 aromatic heterocycles. The number of epoxide rings is 1. The standard InChI is InChI=1S/C18H22O4/c1-2-20-17(19)10-9-13-5-3-4-6-16(13)18(14-7-8-14)22-12-15-11-21-15/h3-6,9-10,14-15,18H,2,7-8,11-12H2,1H3/b10-9+/t15-,18-/m1/s1. The maximum atomic E-state index is 11.5. The summed E-state index contributed by atoms with van der Waals surface area (Å²) in [6, 6.07) is 8.09. The maximum Gasteiger partial charge on any atom is 0.330 e. The summed E-state index contributed by atoms with van der Waals surface area (Å²) in [5.41, 5.74) is 2.16. The number of hydrogen-bond donors (Lipinski definition) is 0. The SMILES string of the molecule is CCOC(=O)/C=C/c1ccccc1[C@H](OC[C@H]1CO1)C1CC1. The van der Waals surface area contributed by atoms with E-state index in [4.69, 9.17) is 14.2 Å². The third-order valence-corrected chi connectivity index (χ3v) is 3.90. The average Bonchev–Trinajstić information content (AvgIpc) is 3.40. The first kappa shape index (κ1) is 15.3. The van der Waals surface area contributed by atoms with Gasteiger partial charge >= 0.3 is 5.97 Å². The summed E-state index contributed by atoms with van der Waals surface area (Å²) >= 11 is 0. The molecule has 0 amide bonds. The van der Waals surface area contributed by atoms with Crippen molar-refractivity contribution < 1.29 is 19.0 Å². The number of hydrogen-bond acceptors (Lipinski definition) is 4. The van der Waals surface area contributed by atoms with Gasteiger partial charge in [-0.05, 0) is 42.9 Å². The van der Waals surface area contributed by atoms with Crippen molar-refractivity contribution in [3.8, 4) is 0 Å². The van der Waals surface area contributed by atoms with Crippen LogP contribution in [-0.4, -0.2) is 31.9 Å². The van der Waals surface area contributed by atoms with Gasteiger partial charge < -0.3 is 14.2 Å². The van der Waals surface area contributed by atoms with Crippen molar-refractivity contribution in [2.24, 2.45) is 5.92 Å². The highest BCUT2D eigenvalue weighted by Gasteiger charge is 2.35. The minimum Gasteiger partial charge on any atom is -0.463 e. The van der Waals surface area contributed by atoms with E-state index in [2.05, 4.69) is 6.07 Å². The summed E-state index contributed by atoms with van der Waals surface area (Å²) in [4.78, 5) is 11.5. The lowest BCUT2D eigenvalue weighted by molar-refractivity contribution is -0.137. The Bertz CT molecular complexity index is 544. The lowest BCUT2D eigenvalue weighted by Gasteiger charge is -2.19. The minimum absolute atomic E-state index is 0.0900. The number of benzene rings is 1. The van der Waals surface area contributed by atoms with Crippen LogP contribution in [0.15, 0.2) is 30.3 Å². The molecule has 4 heteroatoms. The van der Waals surface area contributed by atoms with Crippen LogP contribution >= 0.6 is 0 Å². The number of ether oxygens (including phenoxy) is 3. The van der Waals surface area contributed by atoms with Crippen LogP contribution in [0.1, 0.15) is 37.0 Å². The van der Waals surface area contributed by atoms with Crippen molar-refractivity contribution in [3.63, 3.8) is 0 Å². The first-order chi connectivity index (χ1) is 10.8. The molecule has 4 nitrogen and oxygen atoms in total. The molecule has 0 bridgehead atoms. The zero-order valence-electron chi connectivity index (χ0n) is 12.9. The normalized spacial score (nSPS) is 21.8. The van der Waals surface area contributed by atoms with E-state index in [0.29, 0.717) is 19.1 Å². The molecule has 2 atom stereocenters. The van der Waals surface area contributed by atoms with Crippen LogP contribution in [0, 0.1) is 5.92 Å². The number of rotatable bonds is 8. The lowest BCUT2D eigenvalue weighted by Crippen LogP contribution is -2.12. The van der Waals surface area contributed by atoms with Crippen molar-refractivity contribution in [1.82, 2.24) is 0 Å². The molecule has 1 aliphatic carbocycles. The van der Waals surface area contributed by atoms with Gasteiger partial charge in [-0.1, -0.05) is 24.3 Å². The van der Waals surface area contributed by atoms with Crippen LogP contribution < -0.4 is 0 Å². The van der Waals surface area contributed by atoms with Gasteiger partial charge in [0.1, 0.15) is 6.10 Å². The second-order valence-corrected chi connectivity index (χ2v) is 5.76. The molecular formula is C18H22O4. The van der Waals surface area contributed by atoms with Gasteiger partial charge in [0.25, 0.3) is 0 Å². The molecule has 1 aromatic carbocycles. The van der Waals surface area contributed by atoms with Crippen molar-refractivity contribution in [2.75, 3.05) is 19.8 Å². The van der Waals surface area contributed by atoms with Crippen LogP contribution in [-0.2, 0) is 19.0 Å². The lowest BCUT2D eigenvalue weighted by atomic mass is 9.98. The monoisotopic (exact) mass is 302 g/mol. The highest BCUT2D eigenvalue weighted by molar-refractivity contribution is 5.87. The van der Waals surface area contributed by atoms with Crippen molar-refractivity contribution in [3.05, 3.63) is 41.5 Å². The summed E-state index contributed by atoms with van der Waals surface area (Å²) in [5, 5.41) is 0. The van der Waals surface area contributed by atoms with E-state index in [1.807, 2.05) is 24.3 Å². The van der Waals surface area contributed by atoms with Crippen molar-refractivity contribution in [2.45, 2.75) is 32.0 Å². The third-order valence-electron chi connectivity index (χ3n) is 3.90.